The summed E-state index contributed by atoms with van der Waals surface area (Å²) in [6, 6.07) is 12.0. The molecule has 5 heteroatoms. The summed E-state index contributed by atoms with van der Waals surface area (Å²) in [5.41, 5.74) is 1.40. The van der Waals surface area contributed by atoms with Crippen molar-refractivity contribution in [2.24, 2.45) is 0 Å². The fourth-order valence-electron chi connectivity index (χ4n) is 1.80. The minimum Gasteiger partial charge on any atom is -0.506 e. The van der Waals surface area contributed by atoms with Gasteiger partial charge in [-0.1, -0.05) is 30.7 Å². The molecule has 110 valence electrons. The predicted octanol–water partition coefficient (Wildman–Crippen LogP) is 3.63. The molecule has 0 heterocycles. The number of rotatable bonds is 5. The maximum atomic E-state index is 11.8. The molecule has 0 aliphatic carbocycles. The second-order valence-electron chi connectivity index (χ2n) is 4.50. The minimum atomic E-state index is -0.366. The first kappa shape index (κ1) is 15.2. The van der Waals surface area contributed by atoms with E-state index >= 15 is 0 Å². The first-order valence-corrected chi connectivity index (χ1v) is 6.96. The quantitative estimate of drug-likeness (QED) is 0.829. The van der Waals surface area contributed by atoms with Gasteiger partial charge in [-0.05, 0) is 42.3 Å². The van der Waals surface area contributed by atoms with Crippen LogP contribution in [0.4, 0.5) is 5.69 Å². The molecule has 0 unspecified atom stereocenters. The average Bonchev–Trinajstić information content (AvgIpc) is 2.49. The minimum absolute atomic E-state index is 0.0410. The first-order valence-electron chi connectivity index (χ1n) is 6.58. The standard InChI is InChI=1S/C16H16ClNO3/c1-2-11-4-3-5-13(8-11)21-10-16(20)18-14-9-12(17)6-7-15(14)19/h3-9,19H,2,10H2,1H3,(H,18,20). The second-order valence-corrected chi connectivity index (χ2v) is 4.94. The van der Waals surface area contributed by atoms with Gasteiger partial charge in [0.15, 0.2) is 6.61 Å². The molecule has 2 aromatic rings. The third-order valence-electron chi connectivity index (χ3n) is 2.91. The summed E-state index contributed by atoms with van der Waals surface area (Å²) in [5, 5.41) is 12.6. The Hall–Kier alpha value is -2.20. The number of nitrogens with one attached hydrogen (secondary N) is 1. The van der Waals surface area contributed by atoms with Crippen molar-refractivity contribution in [1.82, 2.24) is 0 Å². The zero-order valence-electron chi connectivity index (χ0n) is 11.6. The number of halogens is 1. The molecule has 1 amide bonds. The molecule has 0 aliphatic rings. The molecule has 2 aromatic carbocycles. The van der Waals surface area contributed by atoms with Crippen LogP contribution in [0.1, 0.15) is 12.5 Å². The van der Waals surface area contributed by atoms with Gasteiger partial charge in [-0.25, -0.2) is 0 Å². The zero-order chi connectivity index (χ0) is 15.2. The lowest BCUT2D eigenvalue weighted by Gasteiger charge is -2.09. The van der Waals surface area contributed by atoms with Gasteiger partial charge in [0.25, 0.3) is 5.91 Å². The second kappa shape index (κ2) is 6.99. The normalized spacial score (nSPS) is 10.2. The predicted molar refractivity (Wildman–Crippen MR) is 83.1 cm³/mol. The number of hydrogen-bond acceptors (Lipinski definition) is 3. The van der Waals surface area contributed by atoms with Crippen LogP contribution in [0.2, 0.25) is 5.02 Å². The van der Waals surface area contributed by atoms with Crippen molar-refractivity contribution in [2.45, 2.75) is 13.3 Å². The van der Waals surface area contributed by atoms with Crippen LogP contribution in [0, 0.1) is 0 Å². The number of carbonyl (C=O) groups is 1. The Morgan fingerprint density at radius 3 is 2.86 bits per heavy atom. The molecule has 0 radical (unpaired) electrons. The molecule has 0 fully saturated rings. The fraction of sp³-hybridized carbons (Fsp3) is 0.188. The van der Waals surface area contributed by atoms with Crippen molar-refractivity contribution in [3.8, 4) is 11.5 Å². The molecule has 0 aliphatic heterocycles. The van der Waals surface area contributed by atoms with Crippen LogP contribution in [-0.4, -0.2) is 17.6 Å². The van der Waals surface area contributed by atoms with Crippen LogP contribution in [0.3, 0.4) is 0 Å². The highest BCUT2D eigenvalue weighted by atomic mass is 35.5. The summed E-state index contributed by atoms with van der Waals surface area (Å²) in [4.78, 5) is 11.8. The molecule has 4 nitrogen and oxygen atoms in total. The van der Waals surface area contributed by atoms with Crippen LogP contribution >= 0.6 is 11.6 Å². The molecular weight excluding hydrogens is 290 g/mol. The maximum absolute atomic E-state index is 11.8. The summed E-state index contributed by atoms with van der Waals surface area (Å²) in [6.07, 6.45) is 0.903. The van der Waals surface area contributed by atoms with E-state index in [9.17, 15) is 9.90 Å². The van der Waals surface area contributed by atoms with Gasteiger partial charge < -0.3 is 15.2 Å². The van der Waals surface area contributed by atoms with Crippen molar-refractivity contribution in [2.75, 3.05) is 11.9 Å². The number of phenolic OH excluding ortho intramolecular Hbond substituents is 1. The Morgan fingerprint density at radius 1 is 1.29 bits per heavy atom. The van der Waals surface area contributed by atoms with E-state index in [-0.39, 0.29) is 24.0 Å². The van der Waals surface area contributed by atoms with E-state index in [4.69, 9.17) is 16.3 Å². The Kier molecular flexibility index (Phi) is 5.06. The van der Waals surface area contributed by atoms with E-state index < -0.39 is 0 Å². The van der Waals surface area contributed by atoms with Crippen molar-refractivity contribution in [1.29, 1.82) is 0 Å². The number of ether oxygens (including phenoxy) is 1. The lowest BCUT2D eigenvalue weighted by molar-refractivity contribution is -0.118. The molecule has 2 rings (SSSR count). The number of amides is 1. The first-order chi connectivity index (χ1) is 10.1. The van der Waals surface area contributed by atoms with Crippen molar-refractivity contribution in [3.63, 3.8) is 0 Å². The Morgan fingerprint density at radius 2 is 2.10 bits per heavy atom. The van der Waals surface area contributed by atoms with Gasteiger partial charge >= 0.3 is 0 Å². The Balaban J connectivity index is 1.94. The smallest absolute Gasteiger partial charge is 0.262 e. The van der Waals surface area contributed by atoms with E-state index in [0.717, 1.165) is 12.0 Å². The van der Waals surface area contributed by atoms with Gasteiger partial charge in [-0.2, -0.15) is 0 Å². The summed E-state index contributed by atoms with van der Waals surface area (Å²) in [7, 11) is 0. The summed E-state index contributed by atoms with van der Waals surface area (Å²) >= 11 is 5.81. The largest absolute Gasteiger partial charge is 0.506 e. The SMILES string of the molecule is CCc1cccc(OCC(=O)Nc2cc(Cl)ccc2O)c1. The van der Waals surface area contributed by atoms with Gasteiger partial charge in [0.05, 0.1) is 5.69 Å². The van der Waals surface area contributed by atoms with Gasteiger partial charge in [0, 0.05) is 5.02 Å². The highest BCUT2D eigenvalue weighted by Crippen LogP contribution is 2.26. The number of aryl methyl sites for hydroxylation is 1. The van der Waals surface area contributed by atoms with E-state index in [1.54, 1.807) is 12.1 Å². The highest BCUT2D eigenvalue weighted by Gasteiger charge is 2.08. The lowest BCUT2D eigenvalue weighted by atomic mass is 10.2. The van der Waals surface area contributed by atoms with Crippen LogP contribution in [0.25, 0.3) is 0 Å². The van der Waals surface area contributed by atoms with Crippen molar-refractivity contribution < 1.29 is 14.6 Å². The number of hydrogen-bond donors (Lipinski definition) is 2. The van der Waals surface area contributed by atoms with Crippen molar-refractivity contribution >= 4 is 23.2 Å². The molecule has 0 saturated heterocycles. The average molecular weight is 306 g/mol. The topological polar surface area (TPSA) is 58.6 Å². The third kappa shape index (κ3) is 4.39. The molecule has 0 bridgehead atoms. The lowest BCUT2D eigenvalue weighted by Crippen LogP contribution is -2.20. The zero-order valence-corrected chi connectivity index (χ0v) is 12.4. The highest BCUT2D eigenvalue weighted by molar-refractivity contribution is 6.31. The molecule has 0 atom stereocenters. The van der Waals surface area contributed by atoms with Crippen LogP contribution in [0.15, 0.2) is 42.5 Å². The van der Waals surface area contributed by atoms with Crippen LogP contribution < -0.4 is 10.1 Å². The summed E-state index contributed by atoms with van der Waals surface area (Å²) in [6.45, 7) is 1.91. The number of aromatic hydroxyl groups is 1. The van der Waals surface area contributed by atoms with Gasteiger partial charge in [-0.3, -0.25) is 4.79 Å². The maximum Gasteiger partial charge on any atom is 0.262 e. The molecule has 21 heavy (non-hydrogen) atoms. The Labute approximate surface area is 128 Å². The molecule has 2 N–H and O–H groups in total. The summed E-state index contributed by atoms with van der Waals surface area (Å²) in [5.74, 6) is 0.231. The molecule has 0 spiro atoms. The monoisotopic (exact) mass is 305 g/mol. The van der Waals surface area contributed by atoms with E-state index in [0.29, 0.717) is 10.8 Å². The van der Waals surface area contributed by atoms with Gasteiger partial charge in [-0.15, -0.1) is 0 Å². The van der Waals surface area contributed by atoms with E-state index in [2.05, 4.69) is 5.32 Å². The number of phenols is 1. The third-order valence-corrected chi connectivity index (χ3v) is 3.14. The molecule has 0 saturated carbocycles. The van der Waals surface area contributed by atoms with Crippen LogP contribution in [-0.2, 0) is 11.2 Å². The Bertz CT molecular complexity index is 643. The van der Waals surface area contributed by atoms with Crippen LogP contribution in [0.5, 0.6) is 11.5 Å². The number of carbonyl (C=O) groups excluding carboxylic acids is 1. The van der Waals surface area contributed by atoms with Gasteiger partial charge in [0.1, 0.15) is 11.5 Å². The molecule has 0 aromatic heterocycles. The number of anilines is 1. The van der Waals surface area contributed by atoms with Gasteiger partial charge in [0.2, 0.25) is 0 Å². The summed E-state index contributed by atoms with van der Waals surface area (Å²) < 4.78 is 5.43. The fourth-order valence-corrected chi connectivity index (χ4v) is 1.97. The van der Waals surface area contributed by atoms with E-state index in [1.165, 1.54) is 12.1 Å². The van der Waals surface area contributed by atoms with E-state index in [1.807, 2.05) is 25.1 Å². The molecular formula is C16H16ClNO3. The van der Waals surface area contributed by atoms with Crippen molar-refractivity contribution in [3.05, 3.63) is 53.1 Å². The number of benzene rings is 2.